The Morgan fingerprint density at radius 1 is 0.708 bits per heavy atom. The van der Waals surface area contributed by atoms with E-state index in [0.29, 0.717) is 0 Å². The molecule has 0 bridgehead atoms. The summed E-state index contributed by atoms with van der Waals surface area (Å²) in [6.07, 6.45) is 21.9. The first-order chi connectivity index (χ1) is 11.7. The summed E-state index contributed by atoms with van der Waals surface area (Å²) >= 11 is 0. The summed E-state index contributed by atoms with van der Waals surface area (Å²) in [5.41, 5.74) is 0. The Hall–Kier alpha value is -0.570. The molecule has 1 atom stereocenters. The van der Waals surface area contributed by atoms with Crippen molar-refractivity contribution in [3.63, 3.8) is 0 Å². The predicted molar refractivity (Wildman–Crippen MR) is 105 cm³/mol. The van der Waals surface area contributed by atoms with E-state index in [-0.39, 0.29) is 0 Å². The Morgan fingerprint density at radius 2 is 1.04 bits per heavy atom. The fraction of sp³-hybridized carbons (Fsp3) is 0.952. The molecule has 0 radical (unpaired) electrons. The molecule has 144 valence electrons. The molecule has 0 fully saturated rings. The van der Waals surface area contributed by atoms with Gasteiger partial charge in [-0.25, -0.2) is 0 Å². The molecule has 0 amide bonds. The fourth-order valence-electron chi connectivity index (χ4n) is 3.08. The van der Waals surface area contributed by atoms with E-state index < -0.39 is 12.0 Å². The molecule has 3 nitrogen and oxygen atoms in total. The van der Waals surface area contributed by atoms with Crippen LogP contribution in [0, 0.1) is 0 Å². The number of aliphatic carboxylic acids is 1. The lowest BCUT2D eigenvalue weighted by Gasteiger charge is -2.08. The van der Waals surface area contributed by atoms with Gasteiger partial charge >= 0.3 is 5.97 Å². The molecule has 0 aromatic carbocycles. The Morgan fingerprint density at radius 3 is 1.38 bits per heavy atom. The number of nitrogens with one attached hydrogen (secondary N) is 1. The van der Waals surface area contributed by atoms with Gasteiger partial charge in [-0.1, -0.05) is 103 Å². The lowest BCUT2D eigenvalue weighted by molar-refractivity contribution is -0.138. The van der Waals surface area contributed by atoms with Gasteiger partial charge in [0.15, 0.2) is 0 Å². The zero-order valence-electron chi connectivity index (χ0n) is 16.5. The summed E-state index contributed by atoms with van der Waals surface area (Å²) < 4.78 is 0. The van der Waals surface area contributed by atoms with Crippen molar-refractivity contribution >= 4 is 5.97 Å². The Bertz CT molecular complexity index is 269. The topological polar surface area (TPSA) is 49.3 Å². The molecule has 0 aliphatic heterocycles. The summed E-state index contributed by atoms with van der Waals surface area (Å²) in [5, 5.41) is 11.8. The van der Waals surface area contributed by atoms with Crippen LogP contribution >= 0.6 is 0 Å². The zero-order chi connectivity index (χ0) is 17.9. The van der Waals surface area contributed by atoms with E-state index in [4.69, 9.17) is 5.11 Å². The largest absolute Gasteiger partial charge is 0.480 e. The normalized spacial score (nSPS) is 12.4. The third kappa shape index (κ3) is 17.8. The molecule has 0 aliphatic rings. The van der Waals surface area contributed by atoms with Crippen molar-refractivity contribution in [2.45, 2.75) is 123 Å². The first-order valence-corrected chi connectivity index (χ1v) is 10.6. The molecular formula is C21H43NO2. The Labute approximate surface area is 151 Å². The van der Waals surface area contributed by atoms with Crippen LogP contribution in [0.15, 0.2) is 0 Å². The number of hydrogen-bond acceptors (Lipinski definition) is 2. The summed E-state index contributed by atoms with van der Waals surface area (Å²) in [6, 6.07) is -0.415. The first-order valence-electron chi connectivity index (χ1n) is 10.6. The van der Waals surface area contributed by atoms with Gasteiger partial charge in [0.25, 0.3) is 0 Å². The number of rotatable bonds is 19. The Balaban J connectivity index is 3.04. The van der Waals surface area contributed by atoms with Gasteiger partial charge in [0.05, 0.1) is 0 Å². The van der Waals surface area contributed by atoms with Crippen molar-refractivity contribution < 1.29 is 9.90 Å². The van der Waals surface area contributed by atoms with Crippen LogP contribution in [0.3, 0.4) is 0 Å². The molecule has 3 heteroatoms. The average Bonchev–Trinajstić information content (AvgIpc) is 2.57. The van der Waals surface area contributed by atoms with Crippen LogP contribution in [0.1, 0.15) is 117 Å². The molecule has 0 saturated heterocycles. The van der Waals surface area contributed by atoms with Gasteiger partial charge in [-0.3, -0.25) is 4.79 Å². The van der Waals surface area contributed by atoms with E-state index in [9.17, 15) is 4.79 Å². The van der Waals surface area contributed by atoms with Gasteiger partial charge in [0.2, 0.25) is 0 Å². The number of carbonyl (C=O) groups is 1. The van der Waals surface area contributed by atoms with Gasteiger partial charge in [0.1, 0.15) is 6.04 Å². The summed E-state index contributed by atoms with van der Waals surface area (Å²) in [6.45, 7) is 4.81. The number of hydrogen-bond donors (Lipinski definition) is 2. The van der Waals surface area contributed by atoms with E-state index >= 15 is 0 Å². The second kappa shape index (κ2) is 18.8. The summed E-state index contributed by atoms with van der Waals surface area (Å²) in [5.74, 6) is -0.758. The van der Waals surface area contributed by atoms with Gasteiger partial charge < -0.3 is 10.4 Å². The van der Waals surface area contributed by atoms with Crippen molar-refractivity contribution in [3.8, 4) is 0 Å². The van der Waals surface area contributed by atoms with Crippen LogP contribution in [-0.4, -0.2) is 23.7 Å². The van der Waals surface area contributed by atoms with E-state index in [2.05, 4.69) is 12.2 Å². The highest BCUT2D eigenvalue weighted by molar-refractivity contribution is 5.72. The number of carboxylic acids is 1. The van der Waals surface area contributed by atoms with Crippen LogP contribution in [0.25, 0.3) is 0 Å². The van der Waals surface area contributed by atoms with Gasteiger partial charge in [-0.15, -0.1) is 0 Å². The molecule has 0 unspecified atom stereocenters. The molecule has 0 heterocycles. The minimum atomic E-state index is -0.758. The quantitative estimate of drug-likeness (QED) is 0.271. The van der Waals surface area contributed by atoms with Crippen LogP contribution in [0.2, 0.25) is 0 Å². The lowest BCUT2D eigenvalue weighted by Crippen LogP contribution is -2.34. The molecule has 0 aliphatic carbocycles. The Kier molecular flexibility index (Phi) is 18.3. The van der Waals surface area contributed by atoms with Crippen molar-refractivity contribution in [2.75, 3.05) is 6.54 Å². The third-order valence-corrected chi connectivity index (χ3v) is 4.85. The van der Waals surface area contributed by atoms with Crippen LogP contribution in [0.4, 0.5) is 0 Å². The van der Waals surface area contributed by atoms with Crippen LogP contribution < -0.4 is 5.32 Å². The lowest BCUT2D eigenvalue weighted by atomic mass is 10.0. The average molecular weight is 342 g/mol. The fourth-order valence-corrected chi connectivity index (χ4v) is 3.08. The molecule has 0 rings (SSSR count). The smallest absolute Gasteiger partial charge is 0.320 e. The molecule has 0 saturated carbocycles. The maximum absolute atomic E-state index is 10.6. The highest BCUT2D eigenvalue weighted by Crippen LogP contribution is 2.13. The zero-order valence-corrected chi connectivity index (χ0v) is 16.5. The monoisotopic (exact) mass is 341 g/mol. The van der Waals surface area contributed by atoms with Crippen LogP contribution in [0.5, 0.6) is 0 Å². The molecule has 0 aromatic rings. The molecule has 24 heavy (non-hydrogen) atoms. The summed E-state index contributed by atoms with van der Waals surface area (Å²) in [4.78, 5) is 10.6. The summed E-state index contributed by atoms with van der Waals surface area (Å²) in [7, 11) is 0. The first kappa shape index (κ1) is 23.4. The minimum absolute atomic E-state index is 0.415. The van der Waals surface area contributed by atoms with Crippen LogP contribution in [-0.2, 0) is 4.79 Å². The second-order valence-corrected chi connectivity index (χ2v) is 7.32. The minimum Gasteiger partial charge on any atom is -0.480 e. The van der Waals surface area contributed by atoms with E-state index in [1.54, 1.807) is 6.92 Å². The van der Waals surface area contributed by atoms with E-state index in [1.807, 2.05) is 0 Å². The highest BCUT2D eigenvalue weighted by atomic mass is 16.4. The van der Waals surface area contributed by atoms with Crippen molar-refractivity contribution in [3.05, 3.63) is 0 Å². The number of unbranched alkanes of at least 4 members (excludes halogenated alkanes) is 15. The second-order valence-electron chi connectivity index (χ2n) is 7.32. The maximum atomic E-state index is 10.6. The standard InChI is InChI=1S/C21H43NO2/c1-3-4-5-6-7-8-9-10-11-12-13-14-15-16-17-18-19-22-20(2)21(23)24/h20,22H,3-19H2,1-2H3,(H,23,24)/t20-/m1/s1. The highest BCUT2D eigenvalue weighted by Gasteiger charge is 2.07. The van der Waals surface area contributed by atoms with E-state index in [0.717, 1.165) is 13.0 Å². The maximum Gasteiger partial charge on any atom is 0.320 e. The third-order valence-electron chi connectivity index (χ3n) is 4.85. The van der Waals surface area contributed by atoms with Gasteiger partial charge in [0, 0.05) is 0 Å². The van der Waals surface area contributed by atoms with Gasteiger partial charge in [-0.05, 0) is 19.9 Å². The predicted octanol–water partition coefficient (Wildman–Crippen LogP) is 6.31. The van der Waals surface area contributed by atoms with Crippen molar-refractivity contribution in [1.82, 2.24) is 5.32 Å². The molecule has 2 N–H and O–H groups in total. The molecule has 0 spiro atoms. The van der Waals surface area contributed by atoms with Crippen molar-refractivity contribution in [1.29, 1.82) is 0 Å². The molecule has 0 aromatic heterocycles. The molecular weight excluding hydrogens is 298 g/mol. The van der Waals surface area contributed by atoms with Crippen molar-refractivity contribution in [2.24, 2.45) is 0 Å². The van der Waals surface area contributed by atoms with Gasteiger partial charge in [-0.2, -0.15) is 0 Å². The SMILES string of the molecule is CCCCCCCCCCCCCCCCCCN[C@H](C)C(=O)O. The number of carboxylic acid groups (broad SMARTS) is 1. The van der Waals surface area contributed by atoms with E-state index in [1.165, 1.54) is 96.3 Å².